The second-order valence-corrected chi connectivity index (χ2v) is 7.17. The largest absolute Gasteiger partial charge is 0.353 e. The van der Waals surface area contributed by atoms with Crippen LogP contribution in [0, 0.1) is 0 Å². The van der Waals surface area contributed by atoms with Gasteiger partial charge in [-0.3, -0.25) is 9.69 Å². The second kappa shape index (κ2) is 8.85. The van der Waals surface area contributed by atoms with Gasteiger partial charge in [0.15, 0.2) is 0 Å². The Labute approximate surface area is 159 Å². The van der Waals surface area contributed by atoms with Crippen molar-refractivity contribution in [3.05, 3.63) is 36.3 Å². The Morgan fingerprint density at radius 2 is 1.96 bits per heavy atom. The maximum atomic E-state index is 12.3. The van der Waals surface area contributed by atoms with Gasteiger partial charge in [-0.25, -0.2) is 9.78 Å². The number of urea groups is 1. The lowest BCUT2D eigenvalue weighted by molar-refractivity contribution is -0.123. The number of amides is 3. The molecule has 146 valence electrons. The van der Waals surface area contributed by atoms with E-state index in [9.17, 15) is 9.59 Å². The van der Waals surface area contributed by atoms with E-state index >= 15 is 0 Å². The monoisotopic (exact) mass is 372 g/mol. The molecule has 1 fully saturated rings. The van der Waals surface area contributed by atoms with Crippen molar-refractivity contribution in [2.24, 2.45) is 0 Å². The summed E-state index contributed by atoms with van der Waals surface area (Å²) >= 11 is 0. The summed E-state index contributed by atoms with van der Waals surface area (Å²) in [6, 6.07) is 5.98. The summed E-state index contributed by atoms with van der Waals surface area (Å²) in [5, 5.41) is 5.86. The van der Waals surface area contributed by atoms with Crippen LogP contribution in [0.3, 0.4) is 0 Å². The number of pyridine rings is 1. The first kappa shape index (κ1) is 19.2. The topological polar surface area (TPSA) is 82.0 Å². The Kier molecular flexibility index (Phi) is 6.28. The van der Waals surface area contributed by atoms with Gasteiger partial charge in [-0.05, 0) is 26.0 Å². The molecule has 1 aliphatic heterocycles. The van der Waals surface area contributed by atoms with Gasteiger partial charge in [-0.15, -0.1) is 0 Å². The minimum Gasteiger partial charge on any atom is -0.353 e. The molecule has 0 aromatic carbocycles. The summed E-state index contributed by atoms with van der Waals surface area (Å²) < 4.78 is 1.98. The van der Waals surface area contributed by atoms with Crippen LogP contribution in [0.2, 0.25) is 0 Å². The molecule has 0 radical (unpaired) electrons. The molecule has 8 heteroatoms. The highest BCUT2D eigenvalue weighted by molar-refractivity contribution is 5.78. The molecule has 0 bridgehead atoms. The number of carbonyl (C=O) groups excluding carboxylic acids is 2. The minimum atomic E-state index is -0.0509. The number of nitrogens with one attached hydrogen (secondary N) is 2. The van der Waals surface area contributed by atoms with Gasteiger partial charge >= 0.3 is 6.03 Å². The van der Waals surface area contributed by atoms with Crippen molar-refractivity contribution in [3.63, 3.8) is 0 Å². The number of carbonyl (C=O) groups is 2. The van der Waals surface area contributed by atoms with Gasteiger partial charge in [0.2, 0.25) is 5.91 Å². The van der Waals surface area contributed by atoms with Crippen molar-refractivity contribution >= 4 is 17.6 Å². The van der Waals surface area contributed by atoms with Gasteiger partial charge in [-0.2, -0.15) is 0 Å². The van der Waals surface area contributed by atoms with Crippen LogP contribution >= 0.6 is 0 Å². The molecule has 8 nitrogen and oxygen atoms in total. The highest BCUT2D eigenvalue weighted by Gasteiger charge is 2.22. The van der Waals surface area contributed by atoms with E-state index < -0.39 is 0 Å². The van der Waals surface area contributed by atoms with E-state index in [4.69, 9.17) is 0 Å². The number of rotatable bonds is 6. The fourth-order valence-electron chi connectivity index (χ4n) is 3.20. The Bertz CT molecular complexity index is 746. The zero-order valence-corrected chi connectivity index (χ0v) is 16.0. The Morgan fingerprint density at radius 1 is 1.19 bits per heavy atom. The lowest BCUT2D eigenvalue weighted by Crippen LogP contribution is -2.53. The van der Waals surface area contributed by atoms with Gasteiger partial charge in [0.25, 0.3) is 0 Å². The van der Waals surface area contributed by atoms with Crippen molar-refractivity contribution in [2.75, 3.05) is 39.3 Å². The smallest absolute Gasteiger partial charge is 0.317 e. The molecular weight excluding hydrogens is 344 g/mol. The van der Waals surface area contributed by atoms with E-state index in [2.05, 4.69) is 20.5 Å². The maximum absolute atomic E-state index is 12.3. The molecule has 3 heterocycles. The molecule has 0 spiro atoms. The lowest BCUT2D eigenvalue weighted by atomic mass is 10.3. The summed E-state index contributed by atoms with van der Waals surface area (Å²) in [7, 11) is 0. The zero-order chi connectivity index (χ0) is 19.2. The summed E-state index contributed by atoms with van der Waals surface area (Å²) in [5.74, 6) is 0.0374. The number of hydrogen-bond donors (Lipinski definition) is 2. The molecular formula is C19H28N6O2. The lowest BCUT2D eigenvalue weighted by Gasteiger charge is -2.34. The highest BCUT2D eigenvalue weighted by atomic mass is 16.2. The summed E-state index contributed by atoms with van der Waals surface area (Å²) in [4.78, 5) is 32.6. The Balaban J connectivity index is 1.37. The number of piperazine rings is 1. The molecule has 3 rings (SSSR count). The van der Waals surface area contributed by atoms with Gasteiger partial charge in [0.1, 0.15) is 5.65 Å². The Morgan fingerprint density at radius 3 is 2.67 bits per heavy atom. The van der Waals surface area contributed by atoms with Crippen molar-refractivity contribution in [1.82, 2.24) is 29.8 Å². The van der Waals surface area contributed by atoms with Crippen LogP contribution < -0.4 is 10.6 Å². The summed E-state index contributed by atoms with van der Waals surface area (Å²) in [5.41, 5.74) is 1.87. The molecule has 2 aromatic heterocycles. The van der Waals surface area contributed by atoms with Crippen LogP contribution in [-0.4, -0.2) is 76.4 Å². The molecule has 27 heavy (non-hydrogen) atoms. The fourth-order valence-corrected chi connectivity index (χ4v) is 3.20. The normalized spacial score (nSPS) is 15.3. The molecule has 0 aliphatic carbocycles. The Hall–Kier alpha value is -2.61. The van der Waals surface area contributed by atoms with Gasteiger partial charge < -0.3 is 19.9 Å². The quantitative estimate of drug-likeness (QED) is 0.783. The molecule has 1 aliphatic rings. The number of fused-ring (bicyclic) bond motifs is 1. The van der Waals surface area contributed by atoms with Crippen LogP contribution in [0.15, 0.2) is 30.6 Å². The van der Waals surface area contributed by atoms with Crippen LogP contribution in [0.1, 0.15) is 19.5 Å². The molecule has 3 amide bonds. The predicted molar refractivity (Wildman–Crippen MR) is 104 cm³/mol. The van der Waals surface area contributed by atoms with Crippen molar-refractivity contribution in [2.45, 2.75) is 26.3 Å². The van der Waals surface area contributed by atoms with E-state index in [0.29, 0.717) is 45.7 Å². The fraction of sp³-hybridized carbons (Fsp3) is 0.526. The SMILES string of the molecule is CC(C)NC(=O)CN1CCN(C(=O)NCCc2cn3ccccc3n2)CC1. The third-order valence-electron chi connectivity index (χ3n) is 4.55. The van der Waals surface area contributed by atoms with Crippen LogP contribution in [-0.2, 0) is 11.2 Å². The standard InChI is InChI=1S/C19H28N6O2/c1-15(2)21-18(26)14-23-9-11-24(12-10-23)19(27)20-7-6-16-13-25-8-4-3-5-17(25)22-16/h3-5,8,13,15H,6-7,9-12,14H2,1-2H3,(H,20,27)(H,21,26). The highest BCUT2D eigenvalue weighted by Crippen LogP contribution is 2.05. The van der Waals surface area contributed by atoms with E-state index in [1.54, 1.807) is 4.90 Å². The third kappa shape index (κ3) is 5.43. The average molecular weight is 372 g/mol. The van der Waals surface area contributed by atoms with Crippen molar-refractivity contribution in [3.8, 4) is 0 Å². The first-order valence-corrected chi connectivity index (χ1v) is 9.48. The summed E-state index contributed by atoms with van der Waals surface area (Å²) in [6.07, 6.45) is 4.65. The van der Waals surface area contributed by atoms with Crippen LogP contribution in [0.5, 0.6) is 0 Å². The van der Waals surface area contributed by atoms with Crippen LogP contribution in [0.4, 0.5) is 4.79 Å². The van der Waals surface area contributed by atoms with Gasteiger partial charge in [0.05, 0.1) is 12.2 Å². The van der Waals surface area contributed by atoms with Gasteiger partial charge in [0, 0.05) is 57.6 Å². The number of nitrogens with zero attached hydrogens (tertiary/aromatic N) is 4. The van der Waals surface area contributed by atoms with E-state index in [0.717, 1.165) is 11.3 Å². The summed E-state index contributed by atoms with van der Waals surface area (Å²) in [6.45, 7) is 7.54. The van der Waals surface area contributed by atoms with E-state index in [1.165, 1.54) is 0 Å². The van der Waals surface area contributed by atoms with Crippen molar-refractivity contribution < 1.29 is 9.59 Å². The minimum absolute atomic E-state index is 0.0374. The van der Waals surface area contributed by atoms with Crippen LogP contribution in [0.25, 0.3) is 5.65 Å². The number of imidazole rings is 1. The molecule has 1 saturated heterocycles. The molecule has 0 saturated carbocycles. The van der Waals surface area contributed by atoms with E-state index in [-0.39, 0.29) is 18.0 Å². The van der Waals surface area contributed by atoms with E-state index in [1.807, 2.05) is 48.8 Å². The van der Waals surface area contributed by atoms with Gasteiger partial charge in [-0.1, -0.05) is 6.07 Å². The second-order valence-electron chi connectivity index (χ2n) is 7.17. The third-order valence-corrected chi connectivity index (χ3v) is 4.55. The molecule has 2 N–H and O–H groups in total. The molecule has 0 atom stereocenters. The first-order chi connectivity index (χ1) is 13.0. The molecule has 0 unspecified atom stereocenters. The van der Waals surface area contributed by atoms with Crippen molar-refractivity contribution in [1.29, 1.82) is 0 Å². The maximum Gasteiger partial charge on any atom is 0.317 e. The first-order valence-electron chi connectivity index (χ1n) is 9.48. The predicted octanol–water partition coefficient (Wildman–Crippen LogP) is 0.729. The number of hydrogen-bond acceptors (Lipinski definition) is 4. The molecule has 2 aromatic rings. The average Bonchev–Trinajstić information content (AvgIpc) is 3.04. The zero-order valence-electron chi connectivity index (χ0n) is 16.0. The number of aromatic nitrogens is 2.